The fourth-order valence-electron chi connectivity index (χ4n) is 2.69. The minimum absolute atomic E-state index is 0.145. The Morgan fingerprint density at radius 3 is 2.90 bits per heavy atom. The third kappa shape index (κ3) is 3.48. The lowest BCUT2D eigenvalue weighted by molar-refractivity contribution is -0.143. The van der Waals surface area contributed by atoms with E-state index in [1.807, 2.05) is 25.1 Å². The smallest absolute Gasteiger partial charge is 0.310 e. The van der Waals surface area contributed by atoms with Crippen LogP contribution in [0.1, 0.15) is 12.5 Å². The minimum atomic E-state index is -0.818. The first-order valence-electron chi connectivity index (χ1n) is 6.94. The first-order chi connectivity index (χ1) is 10.1. The number of hydrogen-bond donors (Lipinski definition) is 1. The van der Waals surface area contributed by atoms with Crippen LogP contribution in [0, 0.1) is 5.92 Å². The molecule has 0 aliphatic carbocycles. The largest absolute Gasteiger partial charge is 0.496 e. The SMILES string of the molecule is CCN(Cc1c(Cl)cccc1OC)C1COCC1C(=O)O. The number of aliphatic carboxylic acids is 1. The van der Waals surface area contributed by atoms with E-state index in [0.717, 1.165) is 5.56 Å². The van der Waals surface area contributed by atoms with Crippen molar-refractivity contribution in [1.29, 1.82) is 0 Å². The topological polar surface area (TPSA) is 59.0 Å². The van der Waals surface area contributed by atoms with E-state index in [0.29, 0.717) is 30.5 Å². The summed E-state index contributed by atoms with van der Waals surface area (Å²) in [6.07, 6.45) is 0. The van der Waals surface area contributed by atoms with Gasteiger partial charge in [-0.05, 0) is 18.7 Å². The van der Waals surface area contributed by atoms with Gasteiger partial charge in [0.15, 0.2) is 0 Å². The second kappa shape index (κ2) is 7.11. The maximum absolute atomic E-state index is 11.3. The van der Waals surface area contributed by atoms with Crippen LogP contribution in [0.4, 0.5) is 0 Å². The molecule has 2 atom stereocenters. The molecule has 116 valence electrons. The normalized spacial score (nSPS) is 21.7. The number of benzene rings is 1. The third-order valence-corrected chi connectivity index (χ3v) is 4.25. The number of hydrogen-bond acceptors (Lipinski definition) is 4. The van der Waals surface area contributed by atoms with Gasteiger partial charge in [0, 0.05) is 23.2 Å². The van der Waals surface area contributed by atoms with Crippen molar-refractivity contribution in [2.45, 2.75) is 19.5 Å². The molecule has 1 aromatic carbocycles. The number of nitrogens with zero attached hydrogens (tertiary/aromatic N) is 1. The number of rotatable bonds is 6. The maximum Gasteiger partial charge on any atom is 0.310 e. The van der Waals surface area contributed by atoms with Crippen LogP contribution < -0.4 is 4.74 Å². The Hall–Kier alpha value is -1.30. The summed E-state index contributed by atoms with van der Waals surface area (Å²) in [7, 11) is 1.60. The van der Waals surface area contributed by atoms with Crippen molar-refractivity contribution in [3.63, 3.8) is 0 Å². The Morgan fingerprint density at radius 2 is 2.29 bits per heavy atom. The average molecular weight is 314 g/mol. The number of carboxylic acids is 1. The fourth-order valence-corrected chi connectivity index (χ4v) is 2.91. The average Bonchev–Trinajstić information content (AvgIpc) is 2.95. The lowest BCUT2D eigenvalue weighted by atomic mass is 10.0. The Morgan fingerprint density at radius 1 is 1.52 bits per heavy atom. The molecule has 1 aliphatic heterocycles. The van der Waals surface area contributed by atoms with E-state index < -0.39 is 11.9 Å². The summed E-state index contributed by atoms with van der Waals surface area (Å²) < 4.78 is 10.7. The van der Waals surface area contributed by atoms with Gasteiger partial charge in [0.2, 0.25) is 0 Å². The molecular formula is C15H20ClNO4. The predicted octanol–water partition coefficient (Wildman–Crippen LogP) is 2.27. The number of carbonyl (C=O) groups is 1. The molecule has 1 aromatic rings. The highest BCUT2D eigenvalue weighted by Gasteiger charge is 2.37. The van der Waals surface area contributed by atoms with E-state index >= 15 is 0 Å². The molecule has 2 rings (SSSR count). The van der Waals surface area contributed by atoms with E-state index in [9.17, 15) is 9.90 Å². The van der Waals surface area contributed by atoms with Crippen LogP contribution in [0.25, 0.3) is 0 Å². The van der Waals surface area contributed by atoms with Crippen molar-refractivity contribution in [1.82, 2.24) is 4.90 Å². The highest BCUT2D eigenvalue weighted by molar-refractivity contribution is 6.31. The van der Waals surface area contributed by atoms with Gasteiger partial charge in [0.1, 0.15) is 5.75 Å². The molecule has 0 bridgehead atoms. The van der Waals surface area contributed by atoms with Crippen molar-refractivity contribution < 1.29 is 19.4 Å². The fraction of sp³-hybridized carbons (Fsp3) is 0.533. The minimum Gasteiger partial charge on any atom is -0.496 e. The van der Waals surface area contributed by atoms with Crippen molar-refractivity contribution in [2.24, 2.45) is 5.92 Å². The van der Waals surface area contributed by atoms with Crippen molar-refractivity contribution in [3.05, 3.63) is 28.8 Å². The monoisotopic (exact) mass is 313 g/mol. The lowest BCUT2D eigenvalue weighted by Gasteiger charge is -2.30. The van der Waals surface area contributed by atoms with Gasteiger partial charge >= 0.3 is 5.97 Å². The zero-order chi connectivity index (χ0) is 15.4. The number of carboxylic acid groups (broad SMARTS) is 1. The first kappa shape index (κ1) is 16.1. The molecule has 0 radical (unpaired) electrons. The van der Waals surface area contributed by atoms with E-state index in [1.165, 1.54) is 0 Å². The molecule has 1 N–H and O–H groups in total. The van der Waals surface area contributed by atoms with Gasteiger partial charge < -0.3 is 14.6 Å². The Kier molecular flexibility index (Phi) is 5.45. The first-order valence-corrected chi connectivity index (χ1v) is 7.32. The van der Waals surface area contributed by atoms with Crippen LogP contribution >= 0.6 is 11.6 Å². The van der Waals surface area contributed by atoms with E-state index in [4.69, 9.17) is 21.1 Å². The molecule has 0 amide bonds. The van der Waals surface area contributed by atoms with Crippen LogP contribution in [0.15, 0.2) is 18.2 Å². The molecule has 1 heterocycles. The molecule has 0 saturated carbocycles. The highest BCUT2D eigenvalue weighted by Crippen LogP contribution is 2.30. The van der Waals surface area contributed by atoms with Crippen molar-refractivity contribution >= 4 is 17.6 Å². The Bertz CT molecular complexity index is 508. The predicted molar refractivity (Wildman–Crippen MR) is 79.8 cm³/mol. The number of ether oxygens (including phenoxy) is 2. The summed E-state index contributed by atoms with van der Waals surface area (Å²) in [5, 5.41) is 9.92. The Balaban J connectivity index is 2.22. The van der Waals surface area contributed by atoms with Crippen LogP contribution in [0.2, 0.25) is 5.02 Å². The van der Waals surface area contributed by atoms with Gasteiger partial charge in [-0.2, -0.15) is 0 Å². The van der Waals surface area contributed by atoms with Crippen LogP contribution in [-0.2, 0) is 16.1 Å². The number of halogens is 1. The molecule has 21 heavy (non-hydrogen) atoms. The molecular weight excluding hydrogens is 294 g/mol. The standard InChI is InChI=1S/C15H20ClNO4/c1-3-17(13-9-21-8-11(13)15(18)19)7-10-12(16)5-4-6-14(10)20-2/h4-6,11,13H,3,7-9H2,1-2H3,(H,18,19). The quantitative estimate of drug-likeness (QED) is 0.873. The number of likely N-dealkylation sites (N-methyl/N-ethyl adjacent to an activating group) is 1. The van der Waals surface area contributed by atoms with Gasteiger partial charge in [0.05, 0.1) is 26.2 Å². The molecule has 0 spiro atoms. The van der Waals surface area contributed by atoms with Gasteiger partial charge in [-0.3, -0.25) is 9.69 Å². The lowest BCUT2D eigenvalue weighted by Crippen LogP contribution is -2.42. The van der Waals surface area contributed by atoms with Crippen molar-refractivity contribution in [2.75, 3.05) is 26.9 Å². The molecule has 1 aliphatic rings. The van der Waals surface area contributed by atoms with Crippen molar-refractivity contribution in [3.8, 4) is 5.75 Å². The van der Waals surface area contributed by atoms with Gasteiger partial charge in [0.25, 0.3) is 0 Å². The molecule has 1 saturated heterocycles. The molecule has 0 aromatic heterocycles. The summed E-state index contributed by atoms with van der Waals surface area (Å²) in [4.78, 5) is 13.4. The molecule has 2 unspecified atom stereocenters. The van der Waals surface area contributed by atoms with Crippen LogP contribution in [0.5, 0.6) is 5.75 Å². The van der Waals surface area contributed by atoms with Gasteiger partial charge in [-0.25, -0.2) is 0 Å². The molecule has 6 heteroatoms. The summed E-state index contributed by atoms with van der Waals surface area (Å²) in [5.41, 5.74) is 0.875. The maximum atomic E-state index is 11.3. The van der Waals surface area contributed by atoms with E-state index in [1.54, 1.807) is 7.11 Å². The summed E-state index contributed by atoms with van der Waals surface area (Å²) in [6.45, 7) is 3.94. The van der Waals surface area contributed by atoms with Gasteiger partial charge in [-0.15, -0.1) is 0 Å². The van der Waals surface area contributed by atoms with Crippen LogP contribution in [-0.4, -0.2) is 48.9 Å². The summed E-state index contributed by atoms with van der Waals surface area (Å²) in [5.74, 6) is -0.604. The van der Waals surface area contributed by atoms with Crippen LogP contribution in [0.3, 0.4) is 0 Å². The second-order valence-electron chi connectivity index (χ2n) is 5.03. The molecule has 5 nitrogen and oxygen atoms in total. The number of methoxy groups -OCH3 is 1. The highest BCUT2D eigenvalue weighted by atomic mass is 35.5. The summed E-state index contributed by atoms with van der Waals surface area (Å²) in [6, 6.07) is 5.36. The summed E-state index contributed by atoms with van der Waals surface area (Å²) >= 11 is 6.26. The van der Waals surface area contributed by atoms with E-state index in [2.05, 4.69) is 4.90 Å². The third-order valence-electron chi connectivity index (χ3n) is 3.90. The Labute approximate surface area is 129 Å². The van der Waals surface area contributed by atoms with E-state index in [-0.39, 0.29) is 12.6 Å². The van der Waals surface area contributed by atoms with Gasteiger partial charge in [-0.1, -0.05) is 24.6 Å². The zero-order valence-electron chi connectivity index (χ0n) is 12.2. The molecule has 1 fully saturated rings. The zero-order valence-corrected chi connectivity index (χ0v) is 13.0. The second-order valence-corrected chi connectivity index (χ2v) is 5.44.